The zero-order valence-electron chi connectivity index (χ0n) is 12.6. The lowest BCUT2D eigenvalue weighted by Crippen LogP contribution is -2.43. The number of carbonyl (C=O) groups is 2. The van der Waals surface area contributed by atoms with Crippen molar-refractivity contribution in [2.75, 3.05) is 18.1 Å². The molecule has 5 heteroatoms. The van der Waals surface area contributed by atoms with Crippen LogP contribution in [0.4, 0.5) is 5.69 Å². The molecule has 1 aromatic rings. The van der Waals surface area contributed by atoms with Gasteiger partial charge in [0.2, 0.25) is 11.8 Å². The van der Waals surface area contributed by atoms with Crippen LogP contribution < -0.4 is 5.32 Å². The number of likely N-dealkylation sites (tertiary alicyclic amines) is 1. The van der Waals surface area contributed by atoms with Crippen LogP contribution in [0.5, 0.6) is 0 Å². The number of piperidine rings is 1. The fourth-order valence-electron chi connectivity index (χ4n) is 2.62. The van der Waals surface area contributed by atoms with Gasteiger partial charge >= 0.3 is 0 Å². The second-order valence-electron chi connectivity index (χ2n) is 5.35. The van der Waals surface area contributed by atoms with Crippen molar-refractivity contribution in [3.8, 4) is 0 Å². The third-order valence-electron chi connectivity index (χ3n) is 3.75. The van der Waals surface area contributed by atoms with Crippen molar-refractivity contribution in [2.45, 2.75) is 43.5 Å². The Hall–Kier alpha value is -1.49. The van der Waals surface area contributed by atoms with Gasteiger partial charge in [-0.15, -0.1) is 11.8 Å². The highest BCUT2D eigenvalue weighted by molar-refractivity contribution is 7.98. The summed E-state index contributed by atoms with van der Waals surface area (Å²) in [6, 6.07) is 7.71. The standard InChI is InChI=1S/C16H22N2O2S/c1-12(18-10-6-5-9-16(18)20)11-15(19)17-13-7-3-4-8-14(13)21-2/h3-4,7-8,12H,5-6,9-11H2,1-2H3,(H,17,19)/t12-/m0/s1. The Kier molecular flexibility index (Phi) is 5.67. The van der Waals surface area contributed by atoms with Crippen LogP contribution in [0.2, 0.25) is 0 Å². The summed E-state index contributed by atoms with van der Waals surface area (Å²) in [6.07, 6.45) is 4.94. The van der Waals surface area contributed by atoms with E-state index in [9.17, 15) is 9.59 Å². The normalized spacial score (nSPS) is 16.7. The van der Waals surface area contributed by atoms with E-state index in [4.69, 9.17) is 0 Å². The van der Waals surface area contributed by atoms with Crippen molar-refractivity contribution in [1.82, 2.24) is 4.90 Å². The van der Waals surface area contributed by atoms with E-state index in [-0.39, 0.29) is 17.9 Å². The van der Waals surface area contributed by atoms with Gasteiger partial charge < -0.3 is 10.2 Å². The van der Waals surface area contributed by atoms with Crippen LogP contribution in [-0.2, 0) is 9.59 Å². The summed E-state index contributed by atoms with van der Waals surface area (Å²) in [7, 11) is 0. The molecule has 1 atom stereocenters. The number of para-hydroxylation sites is 1. The highest BCUT2D eigenvalue weighted by atomic mass is 32.2. The van der Waals surface area contributed by atoms with E-state index in [0.717, 1.165) is 30.0 Å². The minimum atomic E-state index is -0.0424. The number of nitrogens with zero attached hydrogens (tertiary/aromatic N) is 1. The zero-order valence-corrected chi connectivity index (χ0v) is 13.4. The maximum absolute atomic E-state index is 12.2. The number of anilines is 1. The molecule has 4 nitrogen and oxygen atoms in total. The molecule has 1 N–H and O–H groups in total. The molecular weight excluding hydrogens is 284 g/mol. The molecular formula is C16H22N2O2S. The fraction of sp³-hybridized carbons (Fsp3) is 0.500. The van der Waals surface area contributed by atoms with Crippen LogP contribution >= 0.6 is 11.8 Å². The van der Waals surface area contributed by atoms with Crippen LogP contribution in [0, 0.1) is 0 Å². The summed E-state index contributed by atoms with van der Waals surface area (Å²) in [5, 5.41) is 2.95. The number of hydrogen-bond acceptors (Lipinski definition) is 3. The molecule has 0 bridgehead atoms. The predicted octanol–water partition coefficient (Wildman–Crippen LogP) is 3.14. The van der Waals surface area contributed by atoms with E-state index in [1.807, 2.05) is 42.3 Å². The summed E-state index contributed by atoms with van der Waals surface area (Å²) in [4.78, 5) is 26.9. The molecule has 114 valence electrons. The van der Waals surface area contributed by atoms with E-state index in [0.29, 0.717) is 12.8 Å². The topological polar surface area (TPSA) is 49.4 Å². The molecule has 1 saturated heterocycles. The Balaban J connectivity index is 1.93. The van der Waals surface area contributed by atoms with Gasteiger partial charge in [-0.1, -0.05) is 12.1 Å². The molecule has 0 spiro atoms. The first-order chi connectivity index (χ1) is 10.1. The molecule has 0 aliphatic carbocycles. The van der Waals surface area contributed by atoms with Gasteiger partial charge in [-0.05, 0) is 38.2 Å². The molecule has 1 aliphatic heterocycles. The van der Waals surface area contributed by atoms with E-state index in [1.165, 1.54) is 0 Å². The molecule has 0 aromatic heterocycles. The fourth-order valence-corrected chi connectivity index (χ4v) is 3.17. The van der Waals surface area contributed by atoms with Gasteiger partial charge in [-0.2, -0.15) is 0 Å². The lowest BCUT2D eigenvalue weighted by atomic mass is 10.1. The second-order valence-corrected chi connectivity index (χ2v) is 6.19. The maximum atomic E-state index is 12.2. The number of thioether (sulfide) groups is 1. The number of nitrogens with one attached hydrogen (secondary N) is 1. The molecule has 0 radical (unpaired) electrons. The number of benzene rings is 1. The average Bonchev–Trinajstić information content (AvgIpc) is 2.48. The average molecular weight is 306 g/mol. The lowest BCUT2D eigenvalue weighted by molar-refractivity contribution is -0.136. The van der Waals surface area contributed by atoms with Gasteiger partial charge in [-0.25, -0.2) is 0 Å². The van der Waals surface area contributed by atoms with E-state index >= 15 is 0 Å². The van der Waals surface area contributed by atoms with Gasteiger partial charge in [0.25, 0.3) is 0 Å². The van der Waals surface area contributed by atoms with Gasteiger partial charge in [0.15, 0.2) is 0 Å². The zero-order chi connectivity index (χ0) is 15.2. The molecule has 0 unspecified atom stereocenters. The summed E-state index contributed by atoms with van der Waals surface area (Å²) in [5.41, 5.74) is 0.840. The second kappa shape index (κ2) is 7.50. The SMILES string of the molecule is CSc1ccccc1NC(=O)C[C@H](C)N1CCCCC1=O. The summed E-state index contributed by atoms with van der Waals surface area (Å²) >= 11 is 1.61. The van der Waals surface area contributed by atoms with E-state index < -0.39 is 0 Å². The van der Waals surface area contributed by atoms with Gasteiger partial charge in [-0.3, -0.25) is 9.59 Å². The van der Waals surface area contributed by atoms with Crippen LogP contribution in [0.25, 0.3) is 0 Å². The largest absolute Gasteiger partial charge is 0.339 e. The lowest BCUT2D eigenvalue weighted by Gasteiger charge is -2.32. The Morgan fingerprint density at radius 1 is 1.38 bits per heavy atom. The molecule has 2 amide bonds. The van der Waals surface area contributed by atoms with Gasteiger partial charge in [0.05, 0.1) is 5.69 Å². The highest BCUT2D eigenvalue weighted by Gasteiger charge is 2.24. The first kappa shape index (κ1) is 15.9. The molecule has 1 heterocycles. The number of carbonyl (C=O) groups excluding carboxylic acids is 2. The quantitative estimate of drug-likeness (QED) is 0.850. The van der Waals surface area contributed by atoms with Gasteiger partial charge in [0.1, 0.15) is 0 Å². The Labute approximate surface area is 130 Å². The van der Waals surface area contributed by atoms with Crippen molar-refractivity contribution >= 4 is 29.3 Å². The minimum Gasteiger partial charge on any atom is -0.339 e. The summed E-state index contributed by atoms with van der Waals surface area (Å²) < 4.78 is 0. The van der Waals surface area contributed by atoms with Crippen molar-refractivity contribution in [1.29, 1.82) is 0 Å². The van der Waals surface area contributed by atoms with E-state index in [2.05, 4.69) is 5.32 Å². The highest BCUT2D eigenvalue weighted by Crippen LogP contribution is 2.25. The molecule has 1 aliphatic rings. The summed E-state index contributed by atoms with van der Waals surface area (Å²) in [5.74, 6) is 0.133. The molecule has 0 saturated carbocycles. The summed E-state index contributed by atoms with van der Waals surface area (Å²) in [6.45, 7) is 2.72. The van der Waals surface area contributed by atoms with E-state index in [1.54, 1.807) is 11.8 Å². The van der Waals surface area contributed by atoms with Crippen LogP contribution in [0.15, 0.2) is 29.2 Å². The maximum Gasteiger partial charge on any atom is 0.226 e. The third-order valence-corrected chi connectivity index (χ3v) is 4.55. The molecule has 2 rings (SSSR count). The van der Waals surface area contributed by atoms with Crippen LogP contribution in [0.3, 0.4) is 0 Å². The van der Waals surface area contributed by atoms with Gasteiger partial charge in [0, 0.05) is 30.3 Å². The smallest absolute Gasteiger partial charge is 0.226 e. The van der Waals surface area contributed by atoms with Crippen LogP contribution in [0.1, 0.15) is 32.6 Å². The van der Waals surface area contributed by atoms with Crippen LogP contribution in [-0.4, -0.2) is 35.6 Å². The Morgan fingerprint density at radius 2 is 2.14 bits per heavy atom. The molecule has 21 heavy (non-hydrogen) atoms. The Bertz CT molecular complexity index is 519. The predicted molar refractivity (Wildman–Crippen MR) is 86.5 cm³/mol. The number of hydrogen-bond donors (Lipinski definition) is 1. The first-order valence-corrected chi connectivity index (χ1v) is 8.56. The molecule has 1 fully saturated rings. The van der Waals surface area contributed by atoms with Crippen molar-refractivity contribution in [2.24, 2.45) is 0 Å². The van der Waals surface area contributed by atoms with Crippen molar-refractivity contribution in [3.63, 3.8) is 0 Å². The van der Waals surface area contributed by atoms with Crippen molar-refractivity contribution in [3.05, 3.63) is 24.3 Å². The number of rotatable bonds is 5. The monoisotopic (exact) mass is 306 g/mol. The third kappa shape index (κ3) is 4.24. The number of amides is 2. The first-order valence-electron chi connectivity index (χ1n) is 7.34. The molecule has 1 aromatic carbocycles. The Morgan fingerprint density at radius 3 is 2.86 bits per heavy atom. The van der Waals surface area contributed by atoms with Crippen molar-refractivity contribution < 1.29 is 9.59 Å². The minimum absolute atomic E-state index is 0.0395.